The predicted octanol–water partition coefficient (Wildman–Crippen LogP) is 3.52. The molecule has 2 aromatic rings. The van der Waals surface area contributed by atoms with Gasteiger partial charge in [0.05, 0.1) is 13.0 Å². The maximum atomic E-state index is 12.8. The number of carboxylic acid groups (broad SMARTS) is 1. The Labute approximate surface area is 154 Å². The van der Waals surface area contributed by atoms with Crippen molar-refractivity contribution in [2.45, 2.75) is 32.7 Å². The molecule has 5 heteroatoms. The van der Waals surface area contributed by atoms with Gasteiger partial charge in [0.2, 0.25) is 5.91 Å². The minimum Gasteiger partial charge on any atom is -0.494 e. The van der Waals surface area contributed by atoms with Crippen molar-refractivity contribution in [2.75, 3.05) is 13.2 Å². The van der Waals surface area contributed by atoms with E-state index < -0.39 is 5.97 Å². The van der Waals surface area contributed by atoms with Crippen LogP contribution in [0.25, 0.3) is 0 Å². The van der Waals surface area contributed by atoms with Crippen molar-refractivity contribution in [3.63, 3.8) is 0 Å². The number of hydrogen-bond acceptors (Lipinski definition) is 3. The summed E-state index contributed by atoms with van der Waals surface area (Å²) in [6.45, 7) is 3.44. The molecule has 0 radical (unpaired) electrons. The van der Waals surface area contributed by atoms with Crippen LogP contribution in [-0.2, 0) is 22.6 Å². The highest BCUT2D eigenvalue weighted by Crippen LogP contribution is 2.14. The van der Waals surface area contributed by atoms with E-state index in [0.717, 1.165) is 16.9 Å². The van der Waals surface area contributed by atoms with Crippen LogP contribution in [0.5, 0.6) is 5.75 Å². The maximum Gasteiger partial charge on any atom is 0.303 e. The number of ether oxygens (including phenoxy) is 1. The van der Waals surface area contributed by atoms with Gasteiger partial charge in [-0.2, -0.15) is 0 Å². The summed E-state index contributed by atoms with van der Waals surface area (Å²) in [7, 11) is 0. The number of carbonyl (C=O) groups is 2. The van der Waals surface area contributed by atoms with Crippen molar-refractivity contribution in [2.24, 2.45) is 0 Å². The molecule has 0 bridgehead atoms. The van der Waals surface area contributed by atoms with Gasteiger partial charge in [0.25, 0.3) is 0 Å². The fourth-order valence-electron chi connectivity index (χ4n) is 2.67. The zero-order valence-electron chi connectivity index (χ0n) is 15.1. The molecule has 0 atom stereocenters. The maximum absolute atomic E-state index is 12.8. The standard InChI is InChI=1S/C21H25NO4/c1-2-26-19-12-10-17(11-13-19)15-20(23)22(14-6-9-21(24)25)16-18-7-4-3-5-8-18/h3-5,7-8,10-13H,2,6,9,14-16H2,1H3,(H,24,25). The number of benzene rings is 2. The molecule has 0 heterocycles. The van der Waals surface area contributed by atoms with Gasteiger partial charge in [-0.3, -0.25) is 9.59 Å². The Morgan fingerprint density at radius 2 is 1.69 bits per heavy atom. The average Bonchev–Trinajstić information content (AvgIpc) is 2.63. The van der Waals surface area contributed by atoms with Crippen LogP contribution in [0.15, 0.2) is 54.6 Å². The van der Waals surface area contributed by atoms with Crippen molar-refractivity contribution in [1.82, 2.24) is 4.90 Å². The summed E-state index contributed by atoms with van der Waals surface area (Å²) in [5.41, 5.74) is 1.94. The largest absolute Gasteiger partial charge is 0.494 e. The Balaban J connectivity index is 2.01. The minimum atomic E-state index is -0.844. The zero-order chi connectivity index (χ0) is 18.8. The molecule has 0 saturated carbocycles. The van der Waals surface area contributed by atoms with Crippen LogP contribution in [0.4, 0.5) is 0 Å². The van der Waals surface area contributed by atoms with Gasteiger partial charge in [0, 0.05) is 19.5 Å². The van der Waals surface area contributed by atoms with Crippen LogP contribution in [0.2, 0.25) is 0 Å². The molecule has 0 aliphatic heterocycles. The highest BCUT2D eigenvalue weighted by molar-refractivity contribution is 5.79. The summed E-state index contributed by atoms with van der Waals surface area (Å²) in [5.74, 6) is -0.0710. The van der Waals surface area contributed by atoms with Crippen molar-refractivity contribution < 1.29 is 19.4 Å². The second-order valence-electron chi connectivity index (χ2n) is 6.05. The SMILES string of the molecule is CCOc1ccc(CC(=O)N(CCCC(=O)O)Cc2ccccc2)cc1. The monoisotopic (exact) mass is 355 g/mol. The van der Waals surface area contributed by atoms with E-state index in [1.54, 1.807) is 4.90 Å². The van der Waals surface area contributed by atoms with Gasteiger partial charge in [-0.15, -0.1) is 0 Å². The van der Waals surface area contributed by atoms with Crippen LogP contribution in [0.1, 0.15) is 30.9 Å². The summed E-state index contributed by atoms with van der Waals surface area (Å²) in [6.07, 6.45) is 0.783. The number of rotatable bonds is 10. The summed E-state index contributed by atoms with van der Waals surface area (Å²) < 4.78 is 5.42. The zero-order valence-corrected chi connectivity index (χ0v) is 15.1. The first-order chi connectivity index (χ1) is 12.6. The highest BCUT2D eigenvalue weighted by atomic mass is 16.5. The lowest BCUT2D eigenvalue weighted by molar-refractivity contribution is -0.138. The van der Waals surface area contributed by atoms with Gasteiger partial charge in [0.1, 0.15) is 5.75 Å². The number of carboxylic acids is 1. The summed E-state index contributed by atoms with van der Waals surface area (Å²) in [5, 5.41) is 8.84. The Morgan fingerprint density at radius 1 is 1.00 bits per heavy atom. The smallest absolute Gasteiger partial charge is 0.303 e. The van der Waals surface area contributed by atoms with Crippen LogP contribution in [0.3, 0.4) is 0 Å². The Hall–Kier alpha value is -2.82. The van der Waals surface area contributed by atoms with Gasteiger partial charge >= 0.3 is 5.97 Å². The van der Waals surface area contributed by atoms with E-state index in [1.807, 2.05) is 61.5 Å². The molecule has 0 fully saturated rings. The fourth-order valence-corrected chi connectivity index (χ4v) is 2.67. The van der Waals surface area contributed by atoms with E-state index in [1.165, 1.54) is 0 Å². The second-order valence-corrected chi connectivity index (χ2v) is 6.05. The van der Waals surface area contributed by atoms with Crippen LogP contribution in [-0.4, -0.2) is 35.0 Å². The van der Waals surface area contributed by atoms with Crippen LogP contribution < -0.4 is 4.74 Å². The Bertz CT molecular complexity index is 698. The van der Waals surface area contributed by atoms with Crippen molar-refractivity contribution in [3.05, 3.63) is 65.7 Å². The molecule has 0 aromatic heterocycles. The number of amides is 1. The van der Waals surface area contributed by atoms with E-state index >= 15 is 0 Å². The second kappa shape index (κ2) is 10.2. The summed E-state index contributed by atoms with van der Waals surface area (Å²) >= 11 is 0. The first kappa shape index (κ1) is 19.5. The fraction of sp³-hybridized carbons (Fsp3) is 0.333. The molecule has 5 nitrogen and oxygen atoms in total. The summed E-state index contributed by atoms with van der Waals surface area (Å²) in [6, 6.07) is 17.2. The molecule has 0 unspecified atom stereocenters. The lowest BCUT2D eigenvalue weighted by Gasteiger charge is -2.23. The Morgan fingerprint density at radius 3 is 2.31 bits per heavy atom. The van der Waals surface area contributed by atoms with E-state index in [4.69, 9.17) is 9.84 Å². The predicted molar refractivity (Wildman–Crippen MR) is 100 cm³/mol. The van der Waals surface area contributed by atoms with Crippen molar-refractivity contribution in [1.29, 1.82) is 0 Å². The third kappa shape index (κ3) is 6.59. The number of aliphatic carboxylic acids is 1. The van der Waals surface area contributed by atoms with Crippen LogP contribution >= 0.6 is 0 Å². The topological polar surface area (TPSA) is 66.8 Å². The van der Waals surface area contributed by atoms with Gasteiger partial charge in [0.15, 0.2) is 0 Å². The molecule has 2 rings (SSSR count). The molecule has 0 aliphatic rings. The quantitative estimate of drug-likeness (QED) is 0.708. The van der Waals surface area contributed by atoms with Crippen LogP contribution in [0, 0.1) is 0 Å². The van der Waals surface area contributed by atoms with E-state index in [-0.39, 0.29) is 18.7 Å². The first-order valence-electron chi connectivity index (χ1n) is 8.83. The van der Waals surface area contributed by atoms with E-state index in [0.29, 0.717) is 26.1 Å². The van der Waals surface area contributed by atoms with Gasteiger partial charge in [-0.25, -0.2) is 0 Å². The van der Waals surface area contributed by atoms with E-state index in [9.17, 15) is 9.59 Å². The molecule has 26 heavy (non-hydrogen) atoms. The molecule has 2 aromatic carbocycles. The molecule has 1 amide bonds. The third-order valence-electron chi connectivity index (χ3n) is 3.98. The third-order valence-corrected chi connectivity index (χ3v) is 3.98. The minimum absolute atomic E-state index is 0.0107. The lowest BCUT2D eigenvalue weighted by Crippen LogP contribution is -2.33. The molecular formula is C21H25NO4. The lowest BCUT2D eigenvalue weighted by atomic mass is 10.1. The average molecular weight is 355 g/mol. The highest BCUT2D eigenvalue weighted by Gasteiger charge is 2.15. The molecule has 0 saturated heterocycles. The first-order valence-corrected chi connectivity index (χ1v) is 8.83. The normalized spacial score (nSPS) is 10.3. The summed E-state index contributed by atoms with van der Waals surface area (Å²) in [4.78, 5) is 25.3. The molecule has 0 aliphatic carbocycles. The molecule has 0 spiro atoms. The number of hydrogen-bond donors (Lipinski definition) is 1. The van der Waals surface area contributed by atoms with E-state index in [2.05, 4.69) is 0 Å². The van der Waals surface area contributed by atoms with Gasteiger partial charge < -0.3 is 14.7 Å². The van der Waals surface area contributed by atoms with Gasteiger partial charge in [-0.05, 0) is 36.6 Å². The molecule has 138 valence electrons. The molecule has 1 N–H and O–H groups in total. The number of nitrogens with zero attached hydrogens (tertiary/aromatic N) is 1. The van der Waals surface area contributed by atoms with Crippen molar-refractivity contribution in [3.8, 4) is 5.75 Å². The van der Waals surface area contributed by atoms with Gasteiger partial charge in [-0.1, -0.05) is 42.5 Å². The Kier molecular flexibility index (Phi) is 7.68. The number of carbonyl (C=O) groups excluding carboxylic acids is 1. The van der Waals surface area contributed by atoms with Crippen molar-refractivity contribution >= 4 is 11.9 Å². The molecular weight excluding hydrogens is 330 g/mol.